The van der Waals surface area contributed by atoms with Gasteiger partial charge >= 0.3 is 0 Å². The molecule has 16 heavy (non-hydrogen) atoms. The maximum atomic E-state index is 11.3. The van der Waals surface area contributed by atoms with Crippen LogP contribution in [-0.2, 0) is 4.79 Å². The molecule has 0 unspecified atom stereocenters. The highest BCUT2D eigenvalue weighted by atomic mass is 35.5. The van der Waals surface area contributed by atoms with Crippen molar-refractivity contribution >= 4 is 29.0 Å². The Hall–Kier alpha value is -1.56. The van der Waals surface area contributed by atoms with E-state index in [9.17, 15) is 4.79 Å². The molecule has 0 bridgehead atoms. The third-order valence-electron chi connectivity index (χ3n) is 1.65. The van der Waals surface area contributed by atoms with E-state index in [2.05, 4.69) is 20.6 Å². The second-order valence-electron chi connectivity index (χ2n) is 3.52. The second kappa shape index (κ2) is 5.50. The molecule has 0 atom stereocenters. The normalized spacial score (nSPS) is 10.2. The molecule has 1 aromatic rings. The predicted octanol–water partition coefficient (Wildman–Crippen LogP) is 0.649. The van der Waals surface area contributed by atoms with Crippen LogP contribution in [0.5, 0.6) is 0 Å². The topological polar surface area (TPSA) is 92.9 Å². The fourth-order valence-electron chi connectivity index (χ4n) is 1.05. The summed E-state index contributed by atoms with van der Waals surface area (Å²) in [7, 11) is 0. The number of nitrogen functional groups attached to an aromatic ring is 1. The number of anilines is 2. The van der Waals surface area contributed by atoms with Crippen molar-refractivity contribution in [2.75, 3.05) is 17.6 Å². The summed E-state index contributed by atoms with van der Waals surface area (Å²) in [4.78, 5) is 18.9. The van der Waals surface area contributed by atoms with Gasteiger partial charge in [0.2, 0.25) is 11.2 Å². The van der Waals surface area contributed by atoms with E-state index >= 15 is 0 Å². The van der Waals surface area contributed by atoms with Crippen LogP contribution in [0, 0.1) is 0 Å². The zero-order valence-corrected chi connectivity index (χ0v) is 9.88. The first kappa shape index (κ1) is 12.5. The summed E-state index contributed by atoms with van der Waals surface area (Å²) >= 11 is 5.60. The van der Waals surface area contributed by atoms with Gasteiger partial charge in [-0.1, -0.05) is 0 Å². The van der Waals surface area contributed by atoms with E-state index in [4.69, 9.17) is 17.3 Å². The third kappa shape index (κ3) is 3.90. The van der Waals surface area contributed by atoms with Gasteiger partial charge in [-0.2, -0.15) is 4.98 Å². The van der Waals surface area contributed by atoms with Gasteiger partial charge in [-0.25, -0.2) is 4.98 Å². The van der Waals surface area contributed by atoms with Crippen LogP contribution in [0.1, 0.15) is 13.8 Å². The Bertz CT molecular complexity index is 382. The van der Waals surface area contributed by atoms with Gasteiger partial charge in [0, 0.05) is 6.04 Å². The Labute approximate surface area is 98.6 Å². The summed E-state index contributed by atoms with van der Waals surface area (Å²) in [5.41, 5.74) is 5.95. The average molecular weight is 244 g/mol. The molecule has 1 aromatic heterocycles. The van der Waals surface area contributed by atoms with E-state index in [0.717, 1.165) is 0 Å². The largest absolute Gasteiger partial charge is 0.394 e. The van der Waals surface area contributed by atoms with E-state index in [1.807, 2.05) is 13.8 Å². The number of halogens is 1. The maximum absolute atomic E-state index is 11.3. The lowest BCUT2D eigenvalue weighted by Gasteiger charge is -2.10. The van der Waals surface area contributed by atoms with Crippen molar-refractivity contribution in [3.05, 3.63) is 11.5 Å². The molecular weight excluding hydrogens is 230 g/mol. The molecular formula is C9H14ClN5O. The number of carbonyl (C=O) groups excluding carboxylic acids is 1. The number of aromatic nitrogens is 2. The Morgan fingerprint density at radius 2 is 2.31 bits per heavy atom. The number of hydrogen-bond donors (Lipinski definition) is 3. The van der Waals surface area contributed by atoms with E-state index in [-0.39, 0.29) is 23.8 Å². The zero-order chi connectivity index (χ0) is 12.1. The van der Waals surface area contributed by atoms with E-state index in [1.165, 1.54) is 6.20 Å². The van der Waals surface area contributed by atoms with Crippen molar-refractivity contribution in [3.8, 4) is 0 Å². The lowest BCUT2D eigenvalue weighted by molar-refractivity contribution is -0.119. The molecule has 0 aliphatic carbocycles. The fraction of sp³-hybridized carbons (Fsp3) is 0.444. The van der Waals surface area contributed by atoms with Crippen LogP contribution in [0.15, 0.2) is 6.20 Å². The molecule has 0 aliphatic rings. The minimum Gasteiger partial charge on any atom is -0.394 e. The minimum absolute atomic E-state index is 0.0842. The van der Waals surface area contributed by atoms with Gasteiger partial charge in [0.15, 0.2) is 5.82 Å². The summed E-state index contributed by atoms with van der Waals surface area (Å²) in [6, 6.07) is 0.0978. The molecule has 4 N–H and O–H groups in total. The molecule has 6 nitrogen and oxygen atoms in total. The van der Waals surface area contributed by atoms with Gasteiger partial charge in [0.25, 0.3) is 0 Å². The highest BCUT2D eigenvalue weighted by molar-refractivity contribution is 6.28. The predicted molar refractivity (Wildman–Crippen MR) is 63.2 cm³/mol. The smallest absolute Gasteiger partial charge is 0.239 e. The molecule has 1 heterocycles. The molecule has 1 amide bonds. The zero-order valence-electron chi connectivity index (χ0n) is 9.12. The van der Waals surface area contributed by atoms with E-state index < -0.39 is 0 Å². The Morgan fingerprint density at radius 1 is 1.62 bits per heavy atom. The molecule has 0 spiro atoms. The first-order valence-corrected chi connectivity index (χ1v) is 5.18. The molecule has 1 rings (SSSR count). The standard InChI is InChI=1S/C9H14ClN5O/c1-5(2)14-7(16)4-12-8-6(11)3-13-9(10)15-8/h3,5H,4,11H2,1-2H3,(H,14,16)(H,12,13,15). The van der Waals surface area contributed by atoms with E-state index in [1.54, 1.807) is 0 Å². The molecule has 0 fully saturated rings. The SMILES string of the molecule is CC(C)NC(=O)CNc1nc(Cl)ncc1N. The van der Waals surface area contributed by atoms with Gasteiger partial charge in [0.1, 0.15) is 0 Å². The van der Waals surface area contributed by atoms with Crippen molar-refractivity contribution in [1.82, 2.24) is 15.3 Å². The Kier molecular flexibility index (Phi) is 4.30. The summed E-state index contributed by atoms with van der Waals surface area (Å²) in [5, 5.41) is 5.60. The number of carbonyl (C=O) groups is 1. The number of nitrogens with two attached hydrogens (primary N) is 1. The van der Waals surface area contributed by atoms with Crippen LogP contribution in [-0.4, -0.2) is 28.5 Å². The lowest BCUT2D eigenvalue weighted by atomic mass is 10.4. The highest BCUT2D eigenvalue weighted by Crippen LogP contribution is 2.14. The fourth-order valence-corrected chi connectivity index (χ4v) is 1.18. The van der Waals surface area contributed by atoms with Crippen LogP contribution in [0.4, 0.5) is 11.5 Å². The van der Waals surface area contributed by atoms with E-state index in [0.29, 0.717) is 11.5 Å². The van der Waals surface area contributed by atoms with Gasteiger partial charge in [-0.3, -0.25) is 4.79 Å². The van der Waals surface area contributed by atoms with Gasteiger partial charge in [0.05, 0.1) is 18.4 Å². The summed E-state index contributed by atoms with van der Waals surface area (Å²) < 4.78 is 0. The van der Waals surface area contributed by atoms with Crippen molar-refractivity contribution < 1.29 is 4.79 Å². The van der Waals surface area contributed by atoms with Crippen molar-refractivity contribution in [2.24, 2.45) is 0 Å². The Balaban J connectivity index is 2.54. The molecule has 0 radical (unpaired) electrons. The molecule has 0 saturated heterocycles. The number of nitrogens with one attached hydrogen (secondary N) is 2. The average Bonchev–Trinajstić information content (AvgIpc) is 2.18. The van der Waals surface area contributed by atoms with Crippen molar-refractivity contribution in [2.45, 2.75) is 19.9 Å². The first-order valence-electron chi connectivity index (χ1n) is 4.80. The summed E-state index contributed by atoms with van der Waals surface area (Å²) in [6.45, 7) is 3.86. The summed E-state index contributed by atoms with van der Waals surface area (Å²) in [5.74, 6) is 0.225. The molecule has 7 heteroatoms. The van der Waals surface area contributed by atoms with Crippen LogP contribution >= 0.6 is 11.6 Å². The number of hydrogen-bond acceptors (Lipinski definition) is 5. The van der Waals surface area contributed by atoms with Crippen molar-refractivity contribution in [3.63, 3.8) is 0 Å². The second-order valence-corrected chi connectivity index (χ2v) is 3.86. The van der Waals surface area contributed by atoms with Gasteiger partial charge in [-0.05, 0) is 25.4 Å². The first-order chi connectivity index (χ1) is 7.49. The van der Waals surface area contributed by atoms with Crippen LogP contribution in [0.3, 0.4) is 0 Å². The van der Waals surface area contributed by atoms with Gasteiger partial charge in [-0.15, -0.1) is 0 Å². The molecule has 0 saturated carbocycles. The lowest BCUT2D eigenvalue weighted by Crippen LogP contribution is -2.35. The van der Waals surface area contributed by atoms with Crippen LogP contribution in [0.25, 0.3) is 0 Å². The summed E-state index contributed by atoms with van der Waals surface area (Å²) in [6.07, 6.45) is 1.39. The monoisotopic (exact) mass is 243 g/mol. The maximum Gasteiger partial charge on any atom is 0.239 e. The minimum atomic E-state index is -0.135. The van der Waals surface area contributed by atoms with Gasteiger partial charge < -0.3 is 16.4 Å². The number of nitrogens with zero attached hydrogens (tertiary/aromatic N) is 2. The molecule has 88 valence electrons. The molecule has 0 aliphatic heterocycles. The van der Waals surface area contributed by atoms with Crippen LogP contribution < -0.4 is 16.4 Å². The molecule has 0 aromatic carbocycles. The number of amides is 1. The quantitative estimate of drug-likeness (QED) is 0.675. The van der Waals surface area contributed by atoms with Crippen LogP contribution in [0.2, 0.25) is 5.28 Å². The highest BCUT2D eigenvalue weighted by Gasteiger charge is 2.06. The van der Waals surface area contributed by atoms with Crippen molar-refractivity contribution in [1.29, 1.82) is 0 Å². The third-order valence-corrected chi connectivity index (χ3v) is 1.84. The Morgan fingerprint density at radius 3 is 2.94 bits per heavy atom. The number of rotatable bonds is 4.